The molecule has 0 N–H and O–H groups in total. The monoisotopic (exact) mass is 324 g/mol. The number of anilines is 1. The van der Waals surface area contributed by atoms with E-state index in [0.29, 0.717) is 25.5 Å². The lowest BCUT2D eigenvalue weighted by Gasteiger charge is -2.29. The van der Waals surface area contributed by atoms with Gasteiger partial charge in [0.05, 0.1) is 25.6 Å². The molecule has 0 bridgehead atoms. The number of hydrogen-bond acceptors (Lipinski definition) is 5. The highest BCUT2D eigenvalue weighted by Crippen LogP contribution is 2.20. The van der Waals surface area contributed by atoms with Crippen LogP contribution in [0.15, 0.2) is 36.7 Å². The molecule has 0 atom stereocenters. The summed E-state index contributed by atoms with van der Waals surface area (Å²) in [5.74, 6) is 0.754. The minimum absolute atomic E-state index is 0.0504. The van der Waals surface area contributed by atoms with Gasteiger partial charge in [-0.3, -0.25) is 4.79 Å². The van der Waals surface area contributed by atoms with Crippen molar-refractivity contribution >= 4 is 11.7 Å². The van der Waals surface area contributed by atoms with Gasteiger partial charge in [-0.2, -0.15) is 0 Å². The Morgan fingerprint density at radius 2 is 1.79 bits per heavy atom. The van der Waals surface area contributed by atoms with Crippen LogP contribution in [0.1, 0.15) is 21.6 Å². The fourth-order valence-corrected chi connectivity index (χ4v) is 3.22. The van der Waals surface area contributed by atoms with E-state index in [1.54, 1.807) is 12.4 Å². The van der Waals surface area contributed by atoms with Crippen molar-refractivity contribution in [1.82, 2.24) is 14.9 Å². The Kier molecular flexibility index (Phi) is 4.13. The van der Waals surface area contributed by atoms with Crippen molar-refractivity contribution < 1.29 is 9.53 Å². The van der Waals surface area contributed by atoms with Crippen LogP contribution in [0.4, 0.5) is 5.82 Å². The van der Waals surface area contributed by atoms with E-state index in [1.165, 1.54) is 11.1 Å². The maximum atomic E-state index is 12.7. The second-order valence-corrected chi connectivity index (χ2v) is 6.10. The fraction of sp³-hybridized carbons (Fsp3) is 0.389. The van der Waals surface area contributed by atoms with Crippen molar-refractivity contribution in [2.45, 2.75) is 13.0 Å². The first-order valence-corrected chi connectivity index (χ1v) is 8.32. The van der Waals surface area contributed by atoms with Crippen LogP contribution in [0, 0.1) is 0 Å². The minimum Gasteiger partial charge on any atom is -0.378 e. The lowest BCUT2D eigenvalue weighted by atomic mass is 10.00. The summed E-state index contributed by atoms with van der Waals surface area (Å²) in [6.07, 6.45) is 4.17. The number of ether oxygens (including phenoxy) is 1. The fourth-order valence-electron chi connectivity index (χ4n) is 3.22. The zero-order valence-corrected chi connectivity index (χ0v) is 13.5. The second kappa shape index (κ2) is 6.57. The van der Waals surface area contributed by atoms with Gasteiger partial charge in [-0.1, -0.05) is 24.3 Å². The van der Waals surface area contributed by atoms with Crippen molar-refractivity contribution in [2.24, 2.45) is 0 Å². The van der Waals surface area contributed by atoms with Gasteiger partial charge in [-0.15, -0.1) is 0 Å². The molecule has 4 rings (SSSR count). The molecule has 1 saturated heterocycles. The Bertz CT molecular complexity index is 726. The van der Waals surface area contributed by atoms with Crippen molar-refractivity contribution in [1.29, 1.82) is 0 Å². The molecule has 0 saturated carbocycles. The van der Waals surface area contributed by atoms with Crippen LogP contribution in [0.2, 0.25) is 0 Å². The highest BCUT2D eigenvalue weighted by molar-refractivity contribution is 5.92. The molecular formula is C18H20N4O2. The number of carbonyl (C=O) groups excluding carboxylic acids is 1. The van der Waals surface area contributed by atoms with Gasteiger partial charge in [0.1, 0.15) is 11.5 Å². The van der Waals surface area contributed by atoms with E-state index in [0.717, 1.165) is 31.9 Å². The second-order valence-electron chi connectivity index (χ2n) is 6.10. The van der Waals surface area contributed by atoms with E-state index in [-0.39, 0.29) is 5.91 Å². The van der Waals surface area contributed by atoms with E-state index in [2.05, 4.69) is 27.0 Å². The van der Waals surface area contributed by atoms with Gasteiger partial charge in [0.2, 0.25) is 0 Å². The Balaban J connectivity index is 1.47. The topological polar surface area (TPSA) is 58.6 Å². The molecule has 1 aromatic heterocycles. The third kappa shape index (κ3) is 2.97. The molecule has 1 aromatic carbocycles. The first-order valence-electron chi connectivity index (χ1n) is 8.32. The lowest BCUT2D eigenvalue weighted by Crippen LogP contribution is -2.38. The van der Waals surface area contributed by atoms with Crippen molar-refractivity contribution in [3.63, 3.8) is 0 Å². The number of amides is 1. The summed E-state index contributed by atoms with van der Waals surface area (Å²) in [5.41, 5.74) is 2.96. The van der Waals surface area contributed by atoms with Gasteiger partial charge < -0.3 is 14.5 Å². The number of nitrogens with zero attached hydrogens (tertiary/aromatic N) is 4. The van der Waals surface area contributed by atoms with Gasteiger partial charge >= 0.3 is 0 Å². The first-order chi connectivity index (χ1) is 11.8. The summed E-state index contributed by atoms with van der Waals surface area (Å²) in [6, 6.07) is 8.28. The Morgan fingerprint density at radius 1 is 1.00 bits per heavy atom. The van der Waals surface area contributed by atoms with E-state index >= 15 is 0 Å². The number of rotatable bonds is 2. The molecule has 1 amide bonds. The highest BCUT2D eigenvalue weighted by Gasteiger charge is 2.23. The molecule has 0 radical (unpaired) electrons. The molecule has 6 nitrogen and oxygen atoms in total. The minimum atomic E-state index is -0.0504. The maximum Gasteiger partial charge on any atom is 0.274 e. The van der Waals surface area contributed by atoms with Crippen LogP contribution in [-0.2, 0) is 17.7 Å². The average molecular weight is 324 g/mol. The van der Waals surface area contributed by atoms with Gasteiger partial charge in [0, 0.05) is 26.2 Å². The van der Waals surface area contributed by atoms with E-state index in [4.69, 9.17) is 4.74 Å². The quantitative estimate of drug-likeness (QED) is 0.838. The average Bonchev–Trinajstić information content (AvgIpc) is 2.68. The van der Waals surface area contributed by atoms with Crippen LogP contribution in [0.5, 0.6) is 0 Å². The number of carbonyl (C=O) groups is 1. The van der Waals surface area contributed by atoms with Gasteiger partial charge in [-0.05, 0) is 17.5 Å². The Morgan fingerprint density at radius 3 is 2.54 bits per heavy atom. The molecule has 0 aliphatic carbocycles. The van der Waals surface area contributed by atoms with E-state index in [1.807, 2.05) is 17.0 Å². The highest BCUT2D eigenvalue weighted by atomic mass is 16.5. The zero-order valence-electron chi connectivity index (χ0n) is 13.5. The summed E-state index contributed by atoms with van der Waals surface area (Å²) < 4.78 is 5.34. The van der Waals surface area contributed by atoms with Crippen molar-refractivity contribution in [2.75, 3.05) is 37.7 Å². The van der Waals surface area contributed by atoms with Gasteiger partial charge in [0.15, 0.2) is 0 Å². The predicted octanol–water partition coefficient (Wildman–Crippen LogP) is 1.51. The van der Waals surface area contributed by atoms with Crippen LogP contribution < -0.4 is 4.90 Å². The summed E-state index contributed by atoms with van der Waals surface area (Å²) in [6.45, 7) is 4.39. The number of aromatic nitrogens is 2. The SMILES string of the molecule is O=C(c1cnc(N2CCOCC2)cn1)N1CCc2ccccc2C1. The van der Waals surface area contributed by atoms with Gasteiger partial charge in [-0.25, -0.2) is 9.97 Å². The number of hydrogen-bond donors (Lipinski definition) is 0. The Hall–Kier alpha value is -2.47. The van der Waals surface area contributed by atoms with E-state index < -0.39 is 0 Å². The number of fused-ring (bicyclic) bond motifs is 1. The summed E-state index contributed by atoms with van der Waals surface area (Å²) >= 11 is 0. The molecule has 0 spiro atoms. The molecule has 1 fully saturated rings. The normalized spacial score (nSPS) is 17.5. The molecular weight excluding hydrogens is 304 g/mol. The molecule has 124 valence electrons. The molecule has 3 heterocycles. The smallest absolute Gasteiger partial charge is 0.274 e. The Labute approximate surface area is 141 Å². The third-order valence-electron chi connectivity index (χ3n) is 4.61. The molecule has 2 aliphatic rings. The van der Waals surface area contributed by atoms with Crippen LogP contribution in [0.3, 0.4) is 0 Å². The molecule has 6 heteroatoms. The molecule has 24 heavy (non-hydrogen) atoms. The largest absolute Gasteiger partial charge is 0.378 e. The standard InChI is InChI=1S/C18H20N4O2/c23-18(22-6-5-14-3-1-2-4-15(14)13-22)16-11-20-17(12-19-16)21-7-9-24-10-8-21/h1-4,11-12H,5-10,13H2. The number of morpholine rings is 1. The van der Waals surface area contributed by atoms with E-state index in [9.17, 15) is 4.79 Å². The predicted molar refractivity (Wildman–Crippen MR) is 90.0 cm³/mol. The summed E-state index contributed by atoms with van der Waals surface area (Å²) in [7, 11) is 0. The zero-order chi connectivity index (χ0) is 16.4. The molecule has 2 aliphatic heterocycles. The number of benzene rings is 1. The van der Waals surface area contributed by atoms with Crippen LogP contribution >= 0.6 is 0 Å². The molecule has 2 aromatic rings. The van der Waals surface area contributed by atoms with Gasteiger partial charge in [0.25, 0.3) is 5.91 Å². The third-order valence-corrected chi connectivity index (χ3v) is 4.61. The maximum absolute atomic E-state index is 12.7. The van der Waals surface area contributed by atoms with Crippen molar-refractivity contribution in [3.8, 4) is 0 Å². The van der Waals surface area contributed by atoms with Crippen LogP contribution in [0.25, 0.3) is 0 Å². The van der Waals surface area contributed by atoms with Crippen molar-refractivity contribution in [3.05, 3.63) is 53.5 Å². The lowest BCUT2D eigenvalue weighted by molar-refractivity contribution is 0.0728. The summed E-state index contributed by atoms with van der Waals surface area (Å²) in [5, 5.41) is 0. The van der Waals surface area contributed by atoms with Crippen LogP contribution in [-0.4, -0.2) is 53.6 Å². The molecule has 0 unspecified atom stereocenters. The first kappa shape index (κ1) is 15.1. The summed E-state index contributed by atoms with van der Waals surface area (Å²) in [4.78, 5) is 25.4.